The van der Waals surface area contributed by atoms with E-state index in [1.165, 1.54) is 0 Å². The van der Waals surface area contributed by atoms with Crippen molar-refractivity contribution in [2.24, 2.45) is 5.92 Å². The van der Waals surface area contributed by atoms with Gasteiger partial charge in [-0.15, -0.1) is 0 Å². The normalized spacial score (nSPS) is 14.1. The maximum Gasteiger partial charge on any atom is 0.265 e. The van der Waals surface area contributed by atoms with Crippen LogP contribution in [-0.4, -0.2) is 18.7 Å². The zero-order valence-electron chi connectivity index (χ0n) is 8.92. The summed E-state index contributed by atoms with van der Waals surface area (Å²) in [6.45, 7) is 3.89. The SMILES string of the molecule is CC(C)[C@H](CS(=O)(=O)O)c1ccccc1. The van der Waals surface area contributed by atoms with E-state index < -0.39 is 10.1 Å². The van der Waals surface area contributed by atoms with Gasteiger partial charge in [0.1, 0.15) is 0 Å². The van der Waals surface area contributed by atoms with E-state index >= 15 is 0 Å². The van der Waals surface area contributed by atoms with Crippen molar-refractivity contribution in [1.29, 1.82) is 0 Å². The monoisotopic (exact) mass is 228 g/mol. The van der Waals surface area contributed by atoms with Crippen LogP contribution in [0.1, 0.15) is 25.3 Å². The van der Waals surface area contributed by atoms with Gasteiger partial charge in [-0.1, -0.05) is 44.2 Å². The molecule has 0 fully saturated rings. The van der Waals surface area contributed by atoms with E-state index in [1.54, 1.807) is 0 Å². The van der Waals surface area contributed by atoms with Crippen molar-refractivity contribution in [3.05, 3.63) is 35.9 Å². The molecule has 0 heterocycles. The second-order valence-corrected chi connectivity index (χ2v) is 5.51. The first kappa shape index (κ1) is 12.2. The predicted molar refractivity (Wildman–Crippen MR) is 60.4 cm³/mol. The fourth-order valence-corrected chi connectivity index (χ4v) is 2.63. The zero-order chi connectivity index (χ0) is 11.5. The van der Waals surface area contributed by atoms with Crippen LogP contribution in [0.15, 0.2) is 30.3 Å². The van der Waals surface area contributed by atoms with Gasteiger partial charge < -0.3 is 0 Å². The summed E-state index contributed by atoms with van der Waals surface area (Å²) in [5, 5.41) is 0. The Labute approximate surface area is 90.9 Å². The van der Waals surface area contributed by atoms with Gasteiger partial charge in [-0.3, -0.25) is 4.55 Å². The number of hydrogen-bond donors (Lipinski definition) is 1. The second kappa shape index (κ2) is 4.77. The van der Waals surface area contributed by atoms with Crippen molar-refractivity contribution < 1.29 is 13.0 Å². The van der Waals surface area contributed by atoms with Gasteiger partial charge in [0.25, 0.3) is 10.1 Å². The summed E-state index contributed by atoms with van der Waals surface area (Å²) >= 11 is 0. The summed E-state index contributed by atoms with van der Waals surface area (Å²) in [4.78, 5) is 0. The second-order valence-electron chi connectivity index (χ2n) is 4.01. The summed E-state index contributed by atoms with van der Waals surface area (Å²) in [6, 6.07) is 9.39. The molecule has 1 aromatic carbocycles. The first-order valence-corrected chi connectivity index (χ1v) is 6.51. The lowest BCUT2D eigenvalue weighted by atomic mass is 9.90. The summed E-state index contributed by atoms with van der Waals surface area (Å²) in [5.41, 5.74) is 0.949. The van der Waals surface area contributed by atoms with E-state index in [1.807, 2.05) is 44.2 Å². The molecule has 1 rings (SSSR count). The maximum absolute atomic E-state index is 10.9. The Bertz CT molecular complexity index is 395. The molecule has 1 atom stereocenters. The molecule has 0 saturated heterocycles. The average Bonchev–Trinajstić information content (AvgIpc) is 2.14. The largest absolute Gasteiger partial charge is 0.286 e. The molecule has 15 heavy (non-hydrogen) atoms. The topological polar surface area (TPSA) is 54.4 Å². The fraction of sp³-hybridized carbons (Fsp3) is 0.455. The Hall–Kier alpha value is -0.870. The molecule has 0 spiro atoms. The van der Waals surface area contributed by atoms with Crippen LogP contribution in [0.4, 0.5) is 0 Å². The van der Waals surface area contributed by atoms with Gasteiger partial charge in [-0.05, 0) is 11.5 Å². The van der Waals surface area contributed by atoms with Crippen LogP contribution in [-0.2, 0) is 10.1 Å². The van der Waals surface area contributed by atoms with Gasteiger partial charge >= 0.3 is 0 Å². The average molecular weight is 228 g/mol. The predicted octanol–water partition coefficient (Wildman–Crippen LogP) is 2.31. The van der Waals surface area contributed by atoms with Gasteiger partial charge in [0.15, 0.2) is 0 Å². The Morgan fingerprint density at radius 1 is 1.20 bits per heavy atom. The molecule has 0 aliphatic carbocycles. The van der Waals surface area contributed by atoms with Crippen LogP contribution in [0.3, 0.4) is 0 Å². The first-order chi connectivity index (χ1) is 6.90. The molecule has 0 saturated carbocycles. The molecule has 0 aliphatic heterocycles. The Morgan fingerprint density at radius 2 is 1.73 bits per heavy atom. The lowest BCUT2D eigenvalue weighted by molar-refractivity contribution is 0.458. The van der Waals surface area contributed by atoms with Gasteiger partial charge in [-0.25, -0.2) is 0 Å². The Morgan fingerprint density at radius 3 is 2.13 bits per heavy atom. The minimum Gasteiger partial charge on any atom is -0.286 e. The summed E-state index contributed by atoms with van der Waals surface area (Å²) < 4.78 is 30.6. The van der Waals surface area contributed by atoms with E-state index in [4.69, 9.17) is 4.55 Å². The summed E-state index contributed by atoms with van der Waals surface area (Å²) in [7, 11) is -3.92. The van der Waals surface area contributed by atoms with E-state index in [2.05, 4.69) is 0 Å². The van der Waals surface area contributed by atoms with Crippen molar-refractivity contribution in [1.82, 2.24) is 0 Å². The quantitative estimate of drug-likeness (QED) is 0.805. The molecule has 0 unspecified atom stereocenters. The number of rotatable bonds is 4. The number of benzene rings is 1. The molecule has 0 aliphatic rings. The van der Waals surface area contributed by atoms with Crippen molar-refractivity contribution >= 4 is 10.1 Å². The Kier molecular flexibility index (Phi) is 3.88. The van der Waals surface area contributed by atoms with Crippen LogP contribution in [0.2, 0.25) is 0 Å². The molecule has 0 aromatic heterocycles. The standard InChI is InChI=1S/C11H16O3S/c1-9(2)11(8-15(12,13)14)10-6-4-3-5-7-10/h3-7,9,11H,8H2,1-2H3,(H,12,13,14)/t11-/m0/s1. The first-order valence-electron chi connectivity index (χ1n) is 4.90. The highest BCUT2D eigenvalue weighted by Crippen LogP contribution is 2.25. The maximum atomic E-state index is 10.9. The van der Waals surface area contributed by atoms with Crippen molar-refractivity contribution in [2.75, 3.05) is 5.75 Å². The highest BCUT2D eigenvalue weighted by atomic mass is 32.2. The lowest BCUT2D eigenvalue weighted by Crippen LogP contribution is -2.18. The lowest BCUT2D eigenvalue weighted by Gasteiger charge is -2.19. The van der Waals surface area contributed by atoms with Gasteiger partial charge in [-0.2, -0.15) is 8.42 Å². The molecule has 3 nitrogen and oxygen atoms in total. The van der Waals surface area contributed by atoms with Crippen LogP contribution >= 0.6 is 0 Å². The molecule has 0 amide bonds. The summed E-state index contributed by atoms with van der Waals surface area (Å²) in [5.74, 6) is -0.190. The molecule has 1 aromatic rings. The third-order valence-corrected chi connectivity index (χ3v) is 3.20. The highest BCUT2D eigenvalue weighted by Gasteiger charge is 2.21. The smallest absolute Gasteiger partial charge is 0.265 e. The molecule has 4 heteroatoms. The molecular weight excluding hydrogens is 212 g/mol. The molecule has 1 N–H and O–H groups in total. The summed E-state index contributed by atoms with van der Waals surface area (Å²) in [6.07, 6.45) is 0. The van der Waals surface area contributed by atoms with E-state index in [9.17, 15) is 8.42 Å². The number of hydrogen-bond acceptors (Lipinski definition) is 2. The van der Waals surface area contributed by atoms with Crippen LogP contribution in [0.5, 0.6) is 0 Å². The van der Waals surface area contributed by atoms with Crippen molar-refractivity contribution in [3.8, 4) is 0 Å². The minimum absolute atomic E-state index is 0.152. The third kappa shape index (κ3) is 4.01. The molecule has 84 valence electrons. The van der Waals surface area contributed by atoms with Crippen molar-refractivity contribution in [3.63, 3.8) is 0 Å². The fourth-order valence-electron chi connectivity index (χ4n) is 1.60. The van der Waals surface area contributed by atoms with Gasteiger partial charge in [0, 0.05) is 5.92 Å². The van der Waals surface area contributed by atoms with E-state index in [0.29, 0.717) is 0 Å². The van der Waals surface area contributed by atoms with E-state index in [-0.39, 0.29) is 17.6 Å². The zero-order valence-corrected chi connectivity index (χ0v) is 9.74. The van der Waals surface area contributed by atoms with Crippen molar-refractivity contribution in [2.45, 2.75) is 19.8 Å². The minimum atomic E-state index is -3.92. The molecule has 0 bridgehead atoms. The Balaban J connectivity index is 2.95. The van der Waals surface area contributed by atoms with Gasteiger partial charge in [0.2, 0.25) is 0 Å². The third-order valence-electron chi connectivity index (χ3n) is 2.42. The van der Waals surface area contributed by atoms with E-state index in [0.717, 1.165) is 5.56 Å². The molecule has 0 radical (unpaired) electrons. The van der Waals surface area contributed by atoms with Crippen LogP contribution in [0.25, 0.3) is 0 Å². The highest BCUT2D eigenvalue weighted by molar-refractivity contribution is 7.85. The molecular formula is C11H16O3S. The van der Waals surface area contributed by atoms with Crippen LogP contribution in [0, 0.1) is 5.92 Å². The van der Waals surface area contributed by atoms with Crippen LogP contribution < -0.4 is 0 Å². The van der Waals surface area contributed by atoms with Gasteiger partial charge in [0.05, 0.1) is 5.75 Å².